The number of nitrogens with zero attached hydrogens (tertiary/aromatic N) is 2. The van der Waals surface area contributed by atoms with E-state index in [1.54, 1.807) is 0 Å². The van der Waals surface area contributed by atoms with Crippen LogP contribution in [-0.4, -0.2) is 45.5 Å². The third-order valence-corrected chi connectivity index (χ3v) is 17.4. The Morgan fingerprint density at radius 1 is 0.589 bits per heavy atom. The minimum absolute atomic E-state index is 0.0747. The van der Waals surface area contributed by atoms with E-state index in [1.165, 1.54) is 151 Å². The van der Waals surface area contributed by atoms with Crippen molar-refractivity contribution in [3.05, 3.63) is 106 Å². The van der Waals surface area contributed by atoms with Crippen LogP contribution in [0.2, 0.25) is 0 Å². The molecule has 0 bridgehead atoms. The Bertz CT molecular complexity index is 2130. The van der Waals surface area contributed by atoms with E-state index in [1.807, 2.05) is 0 Å². The molecule has 0 amide bonds. The number of hydrogen-bond donors (Lipinski definition) is 2. The molecule has 7 heteroatoms. The lowest BCUT2D eigenvalue weighted by Crippen LogP contribution is -2.35. The fraction of sp³-hybridized carbons (Fsp3) is 0.652. The van der Waals surface area contributed by atoms with Gasteiger partial charge in [-0.1, -0.05) is 255 Å². The summed E-state index contributed by atoms with van der Waals surface area (Å²) in [5.74, 6) is -1.11. The van der Waals surface area contributed by atoms with Crippen molar-refractivity contribution in [1.29, 1.82) is 0 Å². The standard InChI is InChI=1S/C66H99ClN2O4/c1-6-11-15-19-23-31-45-65(46-32-24-20-16-12-7-2)56-35-27-29-37-58(56)68(49-43-62(70)71)60(65)41-39-54-51-53(10-5)52-55(64(54)67)40-42-61-66(47-33-25-21-17-13-8-3,48-34-26-22-18-14-9-4)57-36-28-30-38-59(57)69(61)50-44-63(72)73/h27-30,35-42,53H,6-26,31-34,43-52H2,1-5H3,(H-,70,71,72,73)/p+1. The van der Waals surface area contributed by atoms with Crippen LogP contribution in [-0.2, 0) is 20.4 Å². The molecule has 2 aromatic carbocycles. The first-order valence-corrected chi connectivity index (χ1v) is 30.5. The molecule has 0 aromatic heterocycles. The molecule has 5 rings (SSSR count). The van der Waals surface area contributed by atoms with E-state index in [2.05, 4.69) is 117 Å². The fourth-order valence-corrected chi connectivity index (χ4v) is 13.1. The summed E-state index contributed by atoms with van der Waals surface area (Å²) in [6.07, 6.45) is 46.2. The van der Waals surface area contributed by atoms with Gasteiger partial charge in [-0.25, -0.2) is 0 Å². The van der Waals surface area contributed by atoms with E-state index in [4.69, 9.17) is 11.6 Å². The van der Waals surface area contributed by atoms with Gasteiger partial charge in [-0.3, -0.25) is 9.59 Å². The highest BCUT2D eigenvalue weighted by Gasteiger charge is 2.50. The van der Waals surface area contributed by atoms with Crippen molar-refractivity contribution < 1.29 is 24.4 Å². The molecule has 2 N–H and O–H groups in total. The van der Waals surface area contributed by atoms with E-state index < -0.39 is 11.9 Å². The van der Waals surface area contributed by atoms with Gasteiger partial charge in [-0.15, -0.1) is 0 Å². The molecule has 2 heterocycles. The second-order valence-electron chi connectivity index (χ2n) is 22.3. The van der Waals surface area contributed by atoms with Crippen LogP contribution in [0.5, 0.6) is 0 Å². The highest BCUT2D eigenvalue weighted by atomic mass is 35.5. The average Bonchev–Trinajstić information content (AvgIpc) is 3.80. The number of benzene rings is 2. The Morgan fingerprint density at radius 3 is 1.59 bits per heavy atom. The Morgan fingerprint density at radius 2 is 1.07 bits per heavy atom. The summed E-state index contributed by atoms with van der Waals surface area (Å²) in [5.41, 5.74) is 9.43. The molecule has 0 radical (unpaired) electrons. The van der Waals surface area contributed by atoms with Crippen LogP contribution in [0.1, 0.15) is 258 Å². The number of halogens is 1. The number of unbranched alkanes of at least 4 members (excludes halogenated alkanes) is 20. The molecule has 0 spiro atoms. The molecule has 0 saturated carbocycles. The number of rotatable bonds is 38. The van der Waals surface area contributed by atoms with Crippen molar-refractivity contribution >= 4 is 40.6 Å². The van der Waals surface area contributed by atoms with Crippen molar-refractivity contribution in [3.8, 4) is 0 Å². The smallest absolute Gasteiger partial charge is 0.309 e. The lowest BCUT2D eigenvalue weighted by Gasteiger charge is -2.35. The number of aliphatic carboxylic acids is 2. The van der Waals surface area contributed by atoms with Crippen molar-refractivity contribution in [1.82, 2.24) is 0 Å². The van der Waals surface area contributed by atoms with Gasteiger partial charge in [0, 0.05) is 46.1 Å². The number of hydrogen-bond acceptors (Lipinski definition) is 3. The first kappa shape index (κ1) is 60.0. The maximum Gasteiger partial charge on any atom is 0.309 e. The van der Waals surface area contributed by atoms with Crippen LogP contribution in [0.15, 0.2) is 94.7 Å². The van der Waals surface area contributed by atoms with Crippen molar-refractivity contribution in [2.45, 2.75) is 257 Å². The number of anilines is 1. The van der Waals surface area contributed by atoms with Crippen LogP contribution in [0.3, 0.4) is 0 Å². The maximum atomic E-state index is 12.3. The molecule has 0 saturated heterocycles. The van der Waals surface area contributed by atoms with E-state index >= 15 is 0 Å². The molecule has 2 aromatic rings. The van der Waals surface area contributed by atoms with Gasteiger partial charge < -0.3 is 15.1 Å². The van der Waals surface area contributed by atoms with Gasteiger partial charge in [-0.2, -0.15) is 4.58 Å². The third-order valence-electron chi connectivity index (χ3n) is 17.0. The molecule has 1 unspecified atom stereocenters. The van der Waals surface area contributed by atoms with Crippen LogP contribution in [0.4, 0.5) is 11.4 Å². The van der Waals surface area contributed by atoms with E-state index in [9.17, 15) is 19.8 Å². The van der Waals surface area contributed by atoms with Gasteiger partial charge in [0.25, 0.3) is 0 Å². The molecule has 1 atom stereocenters. The predicted molar refractivity (Wildman–Crippen MR) is 311 cm³/mol. The van der Waals surface area contributed by atoms with E-state index in [0.717, 1.165) is 98.2 Å². The predicted octanol–water partition coefficient (Wildman–Crippen LogP) is 19.4. The summed E-state index contributed by atoms with van der Waals surface area (Å²) in [6.45, 7) is 12.3. The number of fused-ring (bicyclic) bond motifs is 2. The van der Waals surface area contributed by atoms with Crippen molar-refractivity contribution in [3.63, 3.8) is 0 Å². The SMILES string of the molecule is CCCCCCCCC1(CCCCCCCC)C(=CC=C2CC(CC)CC(C=CC3=[N+](CCC(=O)O)c4ccccc4C3(CCCCCCCC)CCCCCCCC)=C2Cl)N(CCC(=O)O)c2ccccc21. The molecule has 3 aliphatic rings. The number of carboxylic acid groups (broad SMARTS) is 2. The highest BCUT2D eigenvalue weighted by Crippen LogP contribution is 2.54. The third kappa shape index (κ3) is 17.1. The van der Waals surface area contributed by atoms with Gasteiger partial charge in [0.05, 0.1) is 11.8 Å². The molecule has 0 fully saturated rings. The molecule has 6 nitrogen and oxygen atoms in total. The van der Waals surface area contributed by atoms with Gasteiger partial charge in [-0.05, 0) is 73.3 Å². The Labute approximate surface area is 449 Å². The number of allylic oxidation sites excluding steroid dienone is 8. The number of para-hydroxylation sites is 2. The highest BCUT2D eigenvalue weighted by molar-refractivity contribution is 6.32. The molecule has 404 valence electrons. The zero-order valence-corrected chi connectivity index (χ0v) is 47.5. The number of carbonyl (C=O) groups is 2. The summed E-state index contributed by atoms with van der Waals surface area (Å²) in [6, 6.07) is 17.8. The minimum Gasteiger partial charge on any atom is -0.481 e. The van der Waals surface area contributed by atoms with Gasteiger partial charge in [0.2, 0.25) is 5.69 Å². The quantitative estimate of drug-likeness (QED) is 0.0517. The molecule has 73 heavy (non-hydrogen) atoms. The van der Waals surface area contributed by atoms with E-state index in [-0.39, 0.29) is 23.7 Å². The maximum absolute atomic E-state index is 12.3. The lowest BCUT2D eigenvalue weighted by molar-refractivity contribution is -0.436. The van der Waals surface area contributed by atoms with Crippen LogP contribution < -0.4 is 4.90 Å². The van der Waals surface area contributed by atoms with Gasteiger partial charge >= 0.3 is 11.9 Å². The summed E-state index contributed by atoms with van der Waals surface area (Å²) in [7, 11) is 0. The molecule has 2 aliphatic heterocycles. The van der Waals surface area contributed by atoms with Gasteiger partial charge in [0.15, 0.2) is 12.3 Å². The van der Waals surface area contributed by atoms with Crippen molar-refractivity contribution in [2.24, 2.45) is 5.92 Å². The molecule has 1 aliphatic carbocycles. The Balaban J connectivity index is 1.63. The van der Waals surface area contributed by atoms with Crippen LogP contribution >= 0.6 is 11.6 Å². The Hall–Kier alpha value is -3.90. The average molecular weight is 1020 g/mol. The van der Waals surface area contributed by atoms with Crippen LogP contribution in [0, 0.1) is 5.92 Å². The molecular formula is C66H100ClN2O4+. The zero-order valence-electron chi connectivity index (χ0n) is 46.7. The van der Waals surface area contributed by atoms with Crippen molar-refractivity contribution in [2.75, 3.05) is 18.0 Å². The normalized spacial score (nSPS) is 18.2. The second kappa shape index (κ2) is 32.5. The largest absolute Gasteiger partial charge is 0.481 e. The summed E-state index contributed by atoms with van der Waals surface area (Å²) >= 11 is 7.76. The first-order chi connectivity index (χ1) is 35.6. The number of carboxylic acids is 2. The zero-order chi connectivity index (χ0) is 52.3. The molecular weight excluding hydrogens is 920 g/mol. The summed E-state index contributed by atoms with van der Waals surface area (Å²) in [4.78, 5) is 27.0. The van der Waals surface area contributed by atoms with Crippen LogP contribution in [0.25, 0.3) is 0 Å². The van der Waals surface area contributed by atoms with Gasteiger partial charge in [0.1, 0.15) is 6.42 Å². The van der Waals surface area contributed by atoms with E-state index in [0.29, 0.717) is 19.0 Å². The Kier molecular flexibility index (Phi) is 26.7. The second-order valence-corrected chi connectivity index (χ2v) is 22.7. The first-order valence-electron chi connectivity index (χ1n) is 30.1. The fourth-order valence-electron chi connectivity index (χ4n) is 12.8. The minimum atomic E-state index is -0.771. The monoisotopic (exact) mass is 1020 g/mol. The topological polar surface area (TPSA) is 80.9 Å². The summed E-state index contributed by atoms with van der Waals surface area (Å²) < 4.78 is 2.36. The summed E-state index contributed by atoms with van der Waals surface area (Å²) in [5, 5.41) is 21.0. The lowest BCUT2D eigenvalue weighted by atomic mass is 9.69.